The third-order valence-electron chi connectivity index (χ3n) is 3.31. The van der Waals surface area contributed by atoms with Gasteiger partial charge in [0.1, 0.15) is 0 Å². The predicted octanol–water partition coefficient (Wildman–Crippen LogP) is 0.638. The number of rotatable bonds is 2. The van der Waals surface area contributed by atoms with E-state index in [0.29, 0.717) is 24.3 Å². The zero-order valence-electron chi connectivity index (χ0n) is 11.9. The van der Waals surface area contributed by atoms with E-state index in [1.807, 2.05) is 27.7 Å². The minimum atomic E-state index is -0.452. The van der Waals surface area contributed by atoms with Crippen LogP contribution >= 0.6 is 0 Å². The number of carbonyl (C=O) groups excluding carboxylic acids is 1. The Morgan fingerprint density at radius 1 is 1.58 bits per heavy atom. The van der Waals surface area contributed by atoms with Crippen LogP contribution in [0.15, 0.2) is 0 Å². The summed E-state index contributed by atoms with van der Waals surface area (Å²) < 4.78 is 5.71. The first kappa shape index (κ1) is 14.0. The van der Waals surface area contributed by atoms with Crippen molar-refractivity contribution < 1.29 is 14.6 Å². The number of nitrogens with zero attached hydrogens (tertiary/aromatic N) is 2. The molecule has 6 heteroatoms. The van der Waals surface area contributed by atoms with Crippen molar-refractivity contribution in [1.82, 2.24) is 15.1 Å². The largest absolute Gasteiger partial charge is 0.394 e. The van der Waals surface area contributed by atoms with Gasteiger partial charge in [0.15, 0.2) is 0 Å². The van der Waals surface area contributed by atoms with Crippen LogP contribution in [-0.4, -0.2) is 57.5 Å². The molecule has 2 rings (SSSR count). The molecule has 0 spiro atoms. The van der Waals surface area contributed by atoms with Gasteiger partial charge < -0.3 is 14.7 Å². The highest BCUT2D eigenvalue weighted by molar-refractivity contribution is 5.96. The molecule has 0 bridgehead atoms. The lowest BCUT2D eigenvalue weighted by molar-refractivity contribution is -0.139. The van der Waals surface area contributed by atoms with Crippen molar-refractivity contribution in [1.29, 1.82) is 0 Å². The van der Waals surface area contributed by atoms with E-state index in [4.69, 9.17) is 4.74 Å². The first-order valence-electron chi connectivity index (χ1n) is 6.43. The number of H-pyrrole nitrogens is 1. The summed E-state index contributed by atoms with van der Waals surface area (Å²) in [6, 6.07) is 0. The van der Waals surface area contributed by atoms with Gasteiger partial charge in [-0.15, -0.1) is 0 Å². The van der Waals surface area contributed by atoms with Crippen molar-refractivity contribution in [3.63, 3.8) is 0 Å². The van der Waals surface area contributed by atoms with Crippen LogP contribution in [-0.2, 0) is 4.74 Å². The summed E-state index contributed by atoms with van der Waals surface area (Å²) >= 11 is 0. The van der Waals surface area contributed by atoms with E-state index in [0.717, 1.165) is 5.69 Å². The van der Waals surface area contributed by atoms with E-state index in [-0.39, 0.29) is 18.6 Å². The molecule has 1 fully saturated rings. The van der Waals surface area contributed by atoms with E-state index >= 15 is 0 Å². The summed E-state index contributed by atoms with van der Waals surface area (Å²) in [7, 11) is 0. The Kier molecular flexibility index (Phi) is 3.64. The van der Waals surface area contributed by atoms with Crippen LogP contribution in [0.3, 0.4) is 0 Å². The number of hydrogen-bond donors (Lipinski definition) is 2. The van der Waals surface area contributed by atoms with E-state index in [2.05, 4.69) is 10.2 Å². The number of nitrogens with one attached hydrogen (secondary N) is 1. The molecule has 1 aromatic heterocycles. The molecule has 1 aliphatic heterocycles. The predicted molar refractivity (Wildman–Crippen MR) is 70.0 cm³/mol. The molecule has 6 nitrogen and oxygen atoms in total. The number of amides is 1. The molecule has 1 atom stereocenters. The number of aryl methyl sites for hydroxylation is 2. The number of aromatic nitrogens is 2. The third kappa shape index (κ3) is 2.79. The maximum atomic E-state index is 12.6. The molecule has 1 unspecified atom stereocenters. The molecule has 2 heterocycles. The highest BCUT2D eigenvalue weighted by Gasteiger charge is 2.36. The first-order chi connectivity index (χ1) is 8.84. The molecule has 19 heavy (non-hydrogen) atoms. The molecule has 0 saturated carbocycles. The van der Waals surface area contributed by atoms with Crippen LogP contribution in [0.2, 0.25) is 0 Å². The Morgan fingerprint density at radius 3 is 2.79 bits per heavy atom. The van der Waals surface area contributed by atoms with E-state index < -0.39 is 5.60 Å². The summed E-state index contributed by atoms with van der Waals surface area (Å²) in [6.45, 7) is 8.31. The lowest BCUT2D eigenvalue weighted by atomic mass is 10.0. The number of ether oxygens (including phenoxy) is 1. The second-order valence-corrected chi connectivity index (χ2v) is 5.68. The molecule has 1 saturated heterocycles. The molecule has 0 radical (unpaired) electrons. The summed E-state index contributed by atoms with van der Waals surface area (Å²) in [5.41, 5.74) is 1.64. The number of carbonyl (C=O) groups is 1. The highest BCUT2D eigenvalue weighted by Crippen LogP contribution is 2.23. The Morgan fingerprint density at radius 2 is 2.26 bits per heavy atom. The number of aliphatic hydroxyl groups is 1. The molecule has 1 aromatic rings. The summed E-state index contributed by atoms with van der Waals surface area (Å²) in [5, 5.41) is 16.2. The van der Waals surface area contributed by atoms with Crippen molar-refractivity contribution >= 4 is 5.91 Å². The second-order valence-electron chi connectivity index (χ2n) is 5.68. The standard InChI is InChI=1S/C13H21N3O3/c1-8-11(9(2)15-14-8)12(18)16-5-10(6-17)19-13(3,4)7-16/h10,17H,5-7H2,1-4H3,(H,14,15). The average molecular weight is 267 g/mol. The third-order valence-corrected chi connectivity index (χ3v) is 3.31. The summed E-state index contributed by atoms with van der Waals surface area (Å²) in [4.78, 5) is 14.3. The normalized spacial score (nSPS) is 22.6. The van der Waals surface area contributed by atoms with Crippen molar-refractivity contribution in [2.45, 2.75) is 39.4 Å². The fraction of sp³-hybridized carbons (Fsp3) is 0.692. The second kappa shape index (κ2) is 4.94. The molecule has 0 aliphatic carbocycles. The quantitative estimate of drug-likeness (QED) is 0.824. The van der Waals surface area contributed by atoms with E-state index in [1.165, 1.54) is 0 Å². The number of morpholine rings is 1. The molecular formula is C13H21N3O3. The number of aliphatic hydroxyl groups excluding tert-OH is 1. The van der Waals surface area contributed by atoms with Crippen molar-refractivity contribution in [2.75, 3.05) is 19.7 Å². The van der Waals surface area contributed by atoms with Crippen molar-refractivity contribution in [2.24, 2.45) is 0 Å². The molecule has 106 valence electrons. The van der Waals surface area contributed by atoms with Gasteiger partial charge in [0.25, 0.3) is 5.91 Å². The fourth-order valence-electron chi connectivity index (χ4n) is 2.57. The summed E-state index contributed by atoms with van der Waals surface area (Å²) in [5.74, 6) is -0.0569. The van der Waals surface area contributed by atoms with Crippen molar-refractivity contribution in [3.8, 4) is 0 Å². The maximum Gasteiger partial charge on any atom is 0.257 e. The summed E-state index contributed by atoms with van der Waals surface area (Å²) in [6.07, 6.45) is -0.333. The zero-order chi connectivity index (χ0) is 14.2. The van der Waals surface area contributed by atoms with Crippen LogP contribution in [0, 0.1) is 13.8 Å². The lowest BCUT2D eigenvalue weighted by Gasteiger charge is -2.42. The Balaban J connectivity index is 2.24. The first-order valence-corrected chi connectivity index (χ1v) is 6.43. The molecule has 1 amide bonds. The van der Waals surface area contributed by atoms with Gasteiger partial charge in [-0.2, -0.15) is 5.10 Å². The van der Waals surface area contributed by atoms with Crippen LogP contribution in [0.25, 0.3) is 0 Å². The SMILES string of the molecule is Cc1n[nH]c(C)c1C(=O)N1CC(CO)OC(C)(C)C1. The van der Waals surface area contributed by atoms with E-state index in [9.17, 15) is 9.90 Å². The smallest absolute Gasteiger partial charge is 0.257 e. The van der Waals surface area contributed by atoms with Gasteiger partial charge >= 0.3 is 0 Å². The van der Waals surface area contributed by atoms with Gasteiger partial charge in [0.05, 0.1) is 29.6 Å². The molecule has 1 aliphatic rings. The van der Waals surface area contributed by atoms with Gasteiger partial charge in [-0.1, -0.05) is 0 Å². The zero-order valence-corrected chi connectivity index (χ0v) is 11.9. The lowest BCUT2D eigenvalue weighted by Crippen LogP contribution is -2.55. The van der Waals surface area contributed by atoms with Crippen LogP contribution < -0.4 is 0 Å². The Bertz CT molecular complexity index is 462. The minimum Gasteiger partial charge on any atom is -0.394 e. The minimum absolute atomic E-state index is 0.0569. The van der Waals surface area contributed by atoms with E-state index in [1.54, 1.807) is 4.90 Å². The van der Waals surface area contributed by atoms with Gasteiger partial charge in [0, 0.05) is 18.8 Å². The van der Waals surface area contributed by atoms with Crippen molar-refractivity contribution in [3.05, 3.63) is 17.0 Å². The Hall–Kier alpha value is -1.40. The van der Waals surface area contributed by atoms with Gasteiger partial charge in [-0.3, -0.25) is 9.89 Å². The molecule has 2 N–H and O–H groups in total. The van der Waals surface area contributed by atoms with Gasteiger partial charge in [-0.05, 0) is 27.7 Å². The Labute approximate surface area is 112 Å². The highest BCUT2D eigenvalue weighted by atomic mass is 16.5. The topological polar surface area (TPSA) is 78.5 Å². The average Bonchev–Trinajstić information content (AvgIpc) is 2.66. The maximum absolute atomic E-state index is 12.6. The van der Waals surface area contributed by atoms with Gasteiger partial charge in [0.2, 0.25) is 0 Å². The van der Waals surface area contributed by atoms with Gasteiger partial charge in [-0.25, -0.2) is 0 Å². The van der Waals surface area contributed by atoms with Crippen LogP contribution in [0.1, 0.15) is 35.6 Å². The number of aromatic amines is 1. The number of hydrogen-bond acceptors (Lipinski definition) is 4. The fourth-order valence-corrected chi connectivity index (χ4v) is 2.57. The van der Waals surface area contributed by atoms with Crippen LogP contribution in [0.5, 0.6) is 0 Å². The molecule has 0 aromatic carbocycles. The monoisotopic (exact) mass is 267 g/mol. The molecular weight excluding hydrogens is 246 g/mol. The van der Waals surface area contributed by atoms with Crippen LogP contribution in [0.4, 0.5) is 0 Å².